The summed E-state index contributed by atoms with van der Waals surface area (Å²) in [5, 5.41) is 0. The van der Waals surface area contributed by atoms with Crippen LogP contribution in [0.5, 0.6) is 0 Å². The van der Waals surface area contributed by atoms with E-state index in [2.05, 4.69) is 14.9 Å². The summed E-state index contributed by atoms with van der Waals surface area (Å²) in [4.78, 5) is 23.4. The highest BCUT2D eigenvalue weighted by Gasteiger charge is 2.11. The van der Waals surface area contributed by atoms with E-state index in [1.165, 1.54) is 0 Å². The van der Waals surface area contributed by atoms with Crippen LogP contribution in [-0.4, -0.2) is 42.1 Å². The van der Waals surface area contributed by atoms with Crippen LogP contribution in [-0.2, 0) is 4.74 Å². The van der Waals surface area contributed by atoms with E-state index in [-0.39, 0.29) is 5.78 Å². The van der Waals surface area contributed by atoms with E-state index in [1.54, 1.807) is 24.5 Å². The molecule has 1 fully saturated rings. The zero-order valence-corrected chi connectivity index (χ0v) is 15.5. The molecule has 1 aliphatic rings. The van der Waals surface area contributed by atoms with Gasteiger partial charge in [0, 0.05) is 47.9 Å². The lowest BCUT2D eigenvalue weighted by molar-refractivity contribution is 0.104. The van der Waals surface area contributed by atoms with E-state index in [4.69, 9.17) is 4.74 Å². The van der Waals surface area contributed by atoms with Crippen LogP contribution in [0.25, 0.3) is 17.5 Å². The number of nitrogens with zero attached hydrogens (tertiary/aromatic N) is 3. The molecule has 0 aliphatic carbocycles. The van der Waals surface area contributed by atoms with Crippen LogP contribution < -0.4 is 4.90 Å². The number of ketones is 1. The predicted molar refractivity (Wildman–Crippen MR) is 110 cm³/mol. The molecule has 5 nitrogen and oxygen atoms in total. The molecule has 0 N–H and O–H groups in total. The lowest BCUT2D eigenvalue weighted by Crippen LogP contribution is -2.36. The van der Waals surface area contributed by atoms with Crippen molar-refractivity contribution in [1.29, 1.82) is 0 Å². The van der Waals surface area contributed by atoms with E-state index >= 15 is 0 Å². The summed E-state index contributed by atoms with van der Waals surface area (Å²) >= 11 is 0. The Hall–Kier alpha value is -3.31. The molecule has 0 amide bonds. The number of carbonyl (C=O) groups is 1. The minimum atomic E-state index is -0.0411. The van der Waals surface area contributed by atoms with Gasteiger partial charge in [-0.1, -0.05) is 30.3 Å². The lowest BCUT2D eigenvalue weighted by atomic mass is 10.1. The van der Waals surface area contributed by atoms with Crippen molar-refractivity contribution in [2.24, 2.45) is 0 Å². The number of hydrogen-bond acceptors (Lipinski definition) is 5. The summed E-state index contributed by atoms with van der Waals surface area (Å²) in [7, 11) is 0. The number of anilines is 1. The smallest absolute Gasteiger partial charge is 0.185 e. The van der Waals surface area contributed by atoms with E-state index in [0.29, 0.717) is 11.4 Å². The fourth-order valence-electron chi connectivity index (χ4n) is 3.09. The molecule has 1 aliphatic heterocycles. The van der Waals surface area contributed by atoms with Gasteiger partial charge in [0.1, 0.15) is 0 Å². The quantitative estimate of drug-likeness (QED) is 0.503. The summed E-state index contributed by atoms with van der Waals surface area (Å²) in [5.74, 6) is 0.628. The molecule has 2 aromatic carbocycles. The summed E-state index contributed by atoms with van der Waals surface area (Å²) < 4.78 is 5.37. The third-order valence-corrected chi connectivity index (χ3v) is 4.66. The number of rotatable bonds is 5. The molecule has 5 heteroatoms. The Morgan fingerprint density at radius 2 is 1.61 bits per heavy atom. The second kappa shape index (κ2) is 8.59. The fourth-order valence-corrected chi connectivity index (χ4v) is 3.09. The van der Waals surface area contributed by atoms with Crippen molar-refractivity contribution in [3.63, 3.8) is 0 Å². The van der Waals surface area contributed by atoms with Gasteiger partial charge in [0.2, 0.25) is 0 Å². The molecule has 28 heavy (non-hydrogen) atoms. The number of hydrogen-bond donors (Lipinski definition) is 0. The highest BCUT2D eigenvalue weighted by molar-refractivity contribution is 6.06. The minimum absolute atomic E-state index is 0.0411. The van der Waals surface area contributed by atoms with E-state index in [9.17, 15) is 4.79 Å². The molecule has 0 bridgehead atoms. The molecule has 0 saturated carbocycles. The highest BCUT2D eigenvalue weighted by atomic mass is 16.5. The van der Waals surface area contributed by atoms with Crippen molar-refractivity contribution >= 4 is 17.5 Å². The molecule has 0 atom stereocenters. The van der Waals surface area contributed by atoms with Gasteiger partial charge in [-0.2, -0.15) is 0 Å². The molecule has 1 saturated heterocycles. The number of allylic oxidation sites excluding steroid dienone is 1. The van der Waals surface area contributed by atoms with E-state index in [0.717, 1.165) is 43.1 Å². The average Bonchev–Trinajstić information content (AvgIpc) is 2.79. The third kappa shape index (κ3) is 4.32. The van der Waals surface area contributed by atoms with Crippen LogP contribution in [0.3, 0.4) is 0 Å². The first kappa shape index (κ1) is 18.1. The van der Waals surface area contributed by atoms with Crippen molar-refractivity contribution in [3.8, 4) is 11.4 Å². The van der Waals surface area contributed by atoms with Gasteiger partial charge in [0.25, 0.3) is 0 Å². The molecule has 0 spiro atoms. The second-order valence-electron chi connectivity index (χ2n) is 6.55. The van der Waals surface area contributed by atoms with Crippen molar-refractivity contribution < 1.29 is 9.53 Å². The molecule has 140 valence electrons. The first-order chi connectivity index (χ1) is 13.8. The fraction of sp³-hybridized carbons (Fsp3) is 0.174. The molecule has 3 aromatic rings. The largest absolute Gasteiger partial charge is 0.378 e. The summed E-state index contributed by atoms with van der Waals surface area (Å²) in [6, 6.07) is 17.5. The molecule has 1 aromatic heterocycles. The number of aromatic nitrogens is 2. The SMILES string of the molecule is O=C(/C=C/c1cnc(-c2ccccc2)nc1)c1ccc(N2CCOCC2)cc1. The average molecular weight is 371 g/mol. The molecule has 4 rings (SSSR count). The maximum absolute atomic E-state index is 12.4. The maximum Gasteiger partial charge on any atom is 0.185 e. The molecule has 2 heterocycles. The summed E-state index contributed by atoms with van der Waals surface area (Å²) in [6.07, 6.45) is 6.75. The van der Waals surface area contributed by atoms with Crippen LogP contribution in [0.15, 0.2) is 73.1 Å². The molecule has 0 radical (unpaired) electrons. The number of carbonyl (C=O) groups excluding carboxylic acids is 1. The number of ether oxygens (including phenoxy) is 1. The Kier molecular flexibility index (Phi) is 5.54. The van der Waals surface area contributed by atoms with Gasteiger partial charge in [0.15, 0.2) is 11.6 Å². The first-order valence-corrected chi connectivity index (χ1v) is 9.32. The Morgan fingerprint density at radius 1 is 0.929 bits per heavy atom. The Labute approximate surface area is 164 Å². The topological polar surface area (TPSA) is 55.3 Å². The standard InChI is InChI=1S/C23H21N3O2/c27-22(19-7-9-21(10-8-19)26-12-14-28-15-13-26)11-6-18-16-24-23(25-17-18)20-4-2-1-3-5-20/h1-11,16-17H,12-15H2/b11-6+. The van der Waals surface area contributed by atoms with Crippen molar-refractivity contribution in [2.75, 3.05) is 31.2 Å². The van der Waals surface area contributed by atoms with Crippen LogP contribution >= 0.6 is 0 Å². The minimum Gasteiger partial charge on any atom is -0.378 e. The maximum atomic E-state index is 12.4. The van der Waals surface area contributed by atoms with Crippen LogP contribution in [0.2, 0.25) is 0 Å². The van der Waals surface area contributed by atoms with Crippen molar-refractivity contribution in [1.82, 2.24) is 9.97 Å². The molecule has 0 unspecified atom stereocenters. The Balaban J connectivity index is 1.41. The van der Waals surface area contributed by atoms with Crippen LogP contribution in [0, 0.1) is 0 Å². The predicted octanol–water partition coefficient (Wildman–Crippen LogP) is 3.88. The Morgan fingerprint density at radius 3 is 2.29 bits per heavy atom. The zero-order chi connectivity index (χ0) is 19.2. The summed E-state index contributed by atoms with van der Waals surface area (Å²) in [5.41, 5.74) is 3.54. The second-order valence-corrected chi connectivity index (χ2v) is 6.55. The van der Waals surface area contributed by atoms with Crippen molar-refractivity contribution in [3.05, 3.63) is 84.2 Å². The van der Waals surface area contributed by atoms with E-state index < -0.39 is 0 Å². The first-order valence-electron chi connectivity index (χ1n) is 9.32. The Bertz CT molecular complexity index is 945. The van der Waals surface area contributed by atoms with E-state index in [1.807, 2.05) is 54.6 Å². The van der Waals surface area contributed by atoms with Gasteiger partial charge in [0.05, 0.1) is 13.2 Å². The number of morpholine rings is 1. The monoisotopic (exact) mass is 371 g/mol. The van der Waals surface area contributed by atoms with Crippen molar-refractivity contribution in [2.45, 2.75) is 0 Å². The van der Waals surface area contributed by atoms with Gasteiger partial charge in [-0.3, -0.25) is 4.79 Å². The highest BCUT2D eigenvalue weighted by Crippen LogP contribution is 2.18. The molecular formula is C23H21N3O2. The van der Waals surface area contributed by atoms with Gasteiger partial charge in [-0.15, -0.1) is 0 Å². The normalized spacial score (nSPS) is 14.4. The lowest BCUT2D eigenvalue weighted by Gasteiger charge is -2.28. The van der Waals surface area contributed by atoms with Gasteiger partial charge >= 0.3 is 0 Å². The third-order valence-electron chi connectivity index (χ3n) is 4.66. The van der Waals surface area contributed by atoms with Crippen LogP contribution in [0.1, 0.15) is 15.9 Å². The molecular weight excluding hydrogens is 350 g/mol. The van der Waals surface area contributed by atoms with Gasteiger partial charge in [-0.25, -0.2) is 9.97 Å². The zero-order valence-electron chi connectivity index (χ0n) is 15.5. The van der Waals surface area contributed by atoms with Gasteiger partial charge < -0.3 is 9.64 Å². The summed E-state index contributed by atoms with van der Waals surface area (Å²) in [6.45, 7) is 3.25. The number of benzene rings is 2. The van der Waals surface area contributed by atoms with Crippen LogP contribution in [0.4, 0.5) is 5.69 Å². The van der Waals surface area contributed by atoms with Gasteiger partial charge in [-0.05, 0) is 36.4 Å².